The minimum Gasteiger partial charge on any atom is -0.489 e. The van der Waals surface area contributed by atoms with Crippen LogP contribution in [-0.2, 0) is 0 Å². The van der Waals surface area contributed by atoms with E-state index in [0.717, 1.165) is 44.1 Å². The molecule has 1 aromatic carbocycles. The van der Waals surface area contributed by atoms with Crippen molar-refractivity contribution in [1.29, 1.82) is 0 Å². The second-order valence-electron chi connectivity index (χ2n) is 7.17. The van der Waals surface area contributed by atoms with Crippen molar-refractivity contribution in [2.24, 2.45) is 4.99 Å². The van der Waals surface area contributed by atoms with Gasteiger partial charge >= 0.3 is 0 Å². The van der Waals surface area contributed by atoms with Crippen molar-refractivity contribution in [1.82, 2.24) is 9.97 Å². The van der Waals surface area contributed by atoms with Crippen molar-refractivity contribution >= 4 is 29.5 Å². The molecule has 5 heteroatoms. The highest BCUT2D eigenvalue weighted by molar-refractivity contribution is 6.30. The van der Waals surface area contributed by atoms with Crippen LogP contribution < -0.4 is 26.0 Å². The first-order valence-electron chi connectivity index (χ1n) is 9.03. The molecule has 1 aliphatic heterocycles. The van der Waals surface area contributed by atoms with Gasteiger partial charge in [-0.05, 0) is 63.6 Å². The normalized spacial score (nSPS) is 15.7. The molecule has 0 aliphatic carbocycles. The molecule has 1 aliphatic rings. The van der Waals surface area contributed by atoms with E-state index in [9.17, 15) is 0 Å². The standard InChI is InChI=1S/C22H22ClN3O/c1-12(2)27-22-11-20(19-8-15-5-6-16(23)9-18(15)25-19)26-21(22)10-17-13(3)7-14(4)24-17/h5-12,24,26H,1-4H3/b20-19+,21-10?. The SMILES string of the molecule is Cc1cc(C)c(C=c2[nH]/c(=C3\C=c4ccc(Cl)cc4=N3)cc2OC(C)C)[nH]1. The lowest BCUT2D eigenvalue weighted by atomic mass is 10.2. The highest BCUT2D eigenvalue weighted by Gasteiger charge is 2.09. The van der Waals surface area contributed by atoms with Crippen molar-refractivity contribution in [3.05, 3.63) is 73.6 Å². The average molecular weight is 380 g/mol. The molecule has 0 spiro atoms. The second-order valence-corrected chi connectivity index (χ2v) is 7.60. The maximum atomic E-state index is 6.09. The summed E-state index contributed by atoms with van der Waals surface area (Å²) in [5.74, 6) is 0.816. The second kappa shape index (κ2) is 6.78. The van der Waals surface area contributed by atoms with Crippen LogP contribution in [0.1, 0.15) is 30.8 Å². The van der Waals surface area contributed by atoms with Crippen LogP contribution >= 0.6 is 11.6 Å². The zero-order valence-electron chi connectivity index (χ0n) is 15.9. The number of ether oxygens (including phenoxy) is 1. The summed E-state index contributed by atoms with van der Waals surface area (Å²) in [6.07, 6.45) is 4.23. The van der Waals surface area contributed by atoms with Gasteiger partial charge in [-0.3, -0.25) is 0 Å². The number of aryl methyl sites for hydroxylation is 2. The number of rotatable bonds is 3. The van der Waals surface area contributed by atoms with Gasteiger partial charge < -0.3 is 14.7 Å². The number of aromatic amines is 2. The summed E-state index contributed by atoms with van der Waals surface area (Å²) in [6.45, 7) is 8.20. The fourth-order valence-electron chi connectivity index (χ4n) is 3.28. The van der Waals surface area contributed by atoms with E-state index in [1.165, 1.54) is 5.56 Å². The Hall–Kier alpha value is -2.72. The lowest BCUT2D eigenvalue weighted by molar-refractivity contribution is 0.240. The van der Waals surface area contributed by atoms with Gasteiger partial charge in [0.2, 0.25) is 0 Å². The summed E-state index contributed by atoms with van der Waals surface area (Å²) in [5.41, 5.74) is 4.28. The molecule has 3 aromatic rings. The summed E-state index contributed by atoms with van der Waals surface area (Å²) < 4.78 is 6.03. The smallest absolute Gasteiger partial charge is 0.145 e. The van der Waals surface area contributed by atoms with Crippen LogP contribution in [-0.4, -0.2) is 16.1 Å². The van der Waals surface area contributed by atoms with E-state index in [2.05, 4.69) is 42.0 Å². The largest absolute Gasteiger partial charge is 0.489 e. The van der Waals surface area contributed by atoms with Crippen molar-refractivity contribution in [2.75, 3.05) is 0 Å². The van der Waals surface area contributed by atoms with Crippen molar-refractivity contribution < 1.29 is 4.74 Å². The van der Waals surface area contributed by atoms with E-state index >= 15 is 0 Å². The first-order chi connectivity index (χ1) is 12.9. The molecule has 0 bridgehead atoms. The predicted octanol–water partition coefficient (Wildman–Crippen LogP) is 2.45. The monoisotopic (exact) mass is 379 g/mol. The highest BCUT2D eigenvalue weighted by Crippen LogP contribution is 2.11. The molecule has 0 fully saturated rings. The molecule has 27 heavy (non-hydrogen) atoms. The third kappa shape index (κ3) is 3.58. The Labute approximate surface area is 162 Å². The van der Waals surface area contributed by atoms with E-state index < -0.39 is 0 Å². The molecule has 0 saturated carbocycles. The number of benzene rings is 1. The maximum absolute atomic E-state index is 6.09. The number of nitrogens with zero attached hydrogens (tertiary/aromatic N) is 1. The Kier molecular flexibility index (Phi) is 4.44. The summed E-state index contributed by atoms with van der Waals surface area (Å²) in [4.78, 5) is 11.6. The Bertz CT molecular complexity index is 1260. The summed E-state index contributed by atoms with van der Waals surface area (Å²) in [7, 11) is 0. The number of nitrogens with one attached hydrogen (secondary N) is 2. The van der Waals surface area contributed by atoms with Gasteiger partial charge in [-0.15, -0.1) is 0 Å². The average Bonchev–Trinajstić information content (AvgIpc) is 3.25. The molecule has 4 nitrogen and oxygen atoms in total. The summed E-state index contributed by atoms with van der Waals surface area (Å²) in [6, 6.07) is 9.90. The number of aromatic nitrogens is 2. The van der Waals surface area contributed by atoms with Crippen LogP contribution in [0.5, 0.6) is 5.75 Å². The van der Waals surface area contributed by atoms with E-state index in [1.54, 1.807) is 0 Å². The summed E-state index contributed by atoms with van der Waals surface area (Å²) in [5, 5.41) is 4.49. The number of fused-ring (bicyclic) bond motifs is 1. The Balaban J connectivity index is 1.92. The van der Waals surface area contributed by atoms with Gasteiger partial charge in [0.15, 0.2) is 0 Å². The summed E-state index contributed by atoms with van der Waals surface area (Å²) >= 11 is 6.09. The minimum absolute atomic E-state index is 0.0813. The molecule has 2 N–H and O–H groups in total. The molecular formula is C22H22ClN3O. The van der Waals surface area contributed by atoms with Gasteiger partial charge in [-0.1, -0.05) is 17.7 Å². The Morgan fingerprint density at radius 1 is 1.11 bits per heavy atom. The molecule has 0 amide bonds. The van der Waals surface area contributed by atoms with Gasteiger partial charge in [-0.25, -0.2) is 4.99 Å². The van der Waals surface area contributed by atoms with Gasteiger partial charge in [0.25, 0.3) is 0 Å². The van der Waals surface area contributed by atoms with E-state index in [0.29, 0.717) is 5.02 Å². The lowest BCUT2D eigenvalue weighted by Crippen LogP contribution is -2.20. The van der Waals surface area contributed by atoms with Gasteiger partial charge in [0.1, 0.15) is 5.75 Å². The van der Waals surface area contributed by atoms with Crippen LogP contribution in [0.15, 0.2) is 35.3 Å². The minimum atomic E-state index is 0.0813. The number of hydrogen-bond donors (Lipinski definition) is 2. The van der Waals surface area contributed by atoms with Crippen molar-refractivity contribution in [3.63, 3.8) is 0 Å². The van der Waals surface area contributed by atoms with E-state index in [-0.39, 0.29) is 6.10 Å². The zero-order chi connectivity index (χ0) is 19.1. The van der Waals surface area contributed by atoms with Crippen LogP contribution in [0.4, 0.5) is 0 Å². The molecule has 0 radical (unpaired) electrons. The number of H-pyrrole nitrogens is 2. The van der Waals surface area contributed by atoms with Crippen LogP contribution in [0.2, 0.25) is 5.02 Å². The molecule has 3 heterocycles. The van der Waals surface area contributed by atoms with Gasteiger partial charge in [0.05, 0.1) is 27.9 Å². The Morgan fingerprint density at radius 2 is 1.93 bits per heavy atom. The molecule has 4 rings (SSSR count). The number of halogens is 1. The van der Waals surface area contributed by atoms with Gasteiger partial charge in [-0.2, -0.15) is 0 Å². The Morgan fingerprint density at radius 3 is 2.63 bits per heavy atom. The predicted molar refractivity (Wildman–Crippen MR) is 110 cm³/mol. The van der Waals surface area contributed by atoms with Crippen LogP contribution in [0.3, 0.4) is 0 Å². The molecular weight excluding hydrogens is 358 g/mol. The molecule has 0 unspecified atom stereocenters. The maximum Gasteiger partial charge on any atom is 0.145 e. The zero-order valence-corrected chi connectivity index (χ0v) is 16.6. The fraction of sp³-hybridized carbons (Fsp3) is 0.227. The molecule has 0 atom stereocenters. The molecule has 138 valence electrons. The first-order valence-corrected chi connectivity index (χ1v) is 9.41. The fourth-order valence-corrected chi connectivity index (χ4v) is 3.44. The van der Waals surface area contributed by atoms with Crippen molar-refractivity contribution in [3.8, 4) is 5.75 Å². The quantitative estimate of drug-likeness (QED) is 0.721. The lowest BCUT2D eigenvalue weighted by Gasteiger charge is -2.06. The topological polar surface area (TPSA) is 53.2 Å². The highest BCUT2D eigenvalue weighted by atomic mass is 35.5. The van der Waals surface area contributed by atoms with Crippen LogP contribution in [0, 0.1) is 13.8 Å². The number of hydrogen-bond acceptors (Lipinski definition) is 2. The van der Waals surface area contributed by atoms with Crippen molar-refractivity contribution in [2.45, 2.75) is 33.8 Å². The van der Waals surface area contributed by atoms with Crippen LogP contribution in [0.25, 0.3) is 17.8 Å². The molecule has 2 aromatic heterocycles. The third-order valence-electron chi connectivity index (χ3n) is 4.45. The third-order valence-corrected chi connectivity index (χ3v) is 4.69. The van der Waals surface area contributed by atoms with E-state index in [4.69, 9.17) is 21.3 Å². The van der Waals surface area contributed by atoms with E-state index in [1.807, 2.05) is 38.1 Å². The van der Waals surface area contributed by atoms with Gasteiger partial charge in [0, 0.05) is 27.7 Å². The molecule has 0 saturated heterocycles. The first kappa shape index (κ1) is 17.7.